The molecule has 0 saturated heterocycles. The van der Waals surface area contributed by atoms with Gasteiger partial charge < -0.3 is 10.2 Å². The molecule has 17 heavy (non-hydrogen) atoms. The lowest BCUT2D eigenvalue weighted by atomic mass is 10.2. The summed E-state index contributed by atoms with van der Waals surface area (Å²) in [6.45, 7) is 6.22. The Bertz CT molecular complexity index is 320. The summed E-state index contributed by atoms with van der Waals surface area (Å²) < 4.78 is 0. The molecule has 0 saturated carbocycles. The summed E-state index contributed by atoms with van der Waals surface area (Å²) in [6.07, 6.45) is 7.37. The standard InChI is InChI=1S/C13H21N3O/c1-4-8-16(9-5-2)10-6-7-12(11-14)13(17)15-3/h6-7,10H,4-5,8-9H2,1-3H3,(H,15,17)/b10-6+,12-7+. The van der Waals surface area contributed by atoms with E-state index in [-0.39, 0.29) is 11.5 Å². The van der Waals surface area contributed by atoms with Crippen molar-refractivity contribution in [3.05, 3.63) is 23.9 Å². The molecule has 0 heterocycles. The highest BCUT2D eigenvalue weighted by Crippen LogP contribution is 1.98. The van der Waals surface area contributed by atoms with Crippen LogP contribution < -0.4 is 5.32 Å². The first kappa shape index (κ1) is 15.2. The lowest BCUT2D eigenvalue weighted by Crippen LogP contribution is -2.19. The van der Waals surface area contributed by atoms with Gasteiger partial charge in [0, 0.05) is 20.1 Å². The highest BCUT2D eigenvalue weighted by Gasteiger charge is 2.03. The van der Waals surface area contributed by atoms with Gasteiger partial charge in [-0.25, -0.2) is 0 Å². The molecule has 4 heteroatoms. The number of hydrogen-bond donors (Lipinski definition) is 1. The molecule has 0 unspecified atom stereocenters. The van der Waals surface area contributed by atoms with E-state index in [4.69, 9.17) is 5.26 Å². The number of allylic oxidation sites excluding steroid dienone is 2. The molecule has 0 atom stereocenters. The van der Waals surface area contributed by atoms with Gasteiger partial charge in [0.25, 0.3) is 5.91 Å². The normalized spacial score (nSPS) is 11.3. The van der Waals surface area contributed by atoms with E-state index in [0.717, 1.165) is 25.9 Å². The summed E-state index contributed by atoms with van der Waals surface area (Å²) in [7, 11) is 1.51. The summed E-state index contributed by atoms with van der Waals surface area (Å²) in [5.41, 5.74) is 0.122. The second kappa shape index (κ2) is 9.46. The van der Waals surface area contributed by atoms with Crippen molar-refractivity contribution in [2.24, 2.45) is 0 Å². The molecule has 4 nitrogen and oxygen atoms in total. The molecule has 1 amide bonds. The number of hydrogen-bond acceptors (Lipinski definition) is 3. The minimum Gasteiger partial charge on any atom is -0.377 e. The van der Waals surface area contributed by atoms with E-state index in [1.807, 2.05) is 12.3 Å². The predicted molar refractivity (Wildman–Crippen MR) is 69.1 cm³/mol. The van der Waals surface area contributed by atoms with Crippen LogP contribution in [0.3, 0.4) is 0 Å². The Morgan fingerprint density at radius 2 is 1.94 bits per heavy atom. The molecule has 0 bridgehead atoms. The Kier molecular flexibility index (Phi) is 8.48. The van der Waals surface area contributed by atoms with Crippen molar-refractivity contribution in [1.82, 2.24) is 10.2 Å². The molecule has 0 aliphatic carbocycles. The summed E-state index contributed by atoms with van der Waals surface area (Å²) in [6, 6.07) is 1.87. The average molecular weight is 235 g/mol. The number of likely N-dealkylation sites (N-methyl/N-ethyl adjacent to an activating group) is 1. The Balaban J connectivity index is 4.52. The van der Waals surface area contributed by atoms with Crippen molar-refractivity contribution >= 4 is 5.91 Å². The van der Waals surface area contributed by atoms with E-state index in [0.29, 0.717) is 0 Å². The first-order valence-corrected chi connectivity index (χ1v) is 5.94. The number of rotatable bonds is 7. The zero-order chi connectivity index (χ0) is 13.1. The van der Waals surface area contributed by atoms with E-state index in [1.165, 1.54) is 13.1 Å². The Hall–Kier alpha value is -1.76. The van der Waals surface area contributed by atoms with Crippen LogP contribution in [0.4, 0.5) is 0 Å². The third kappa shape index (κ3) is 6.41. The molecule has 0 rings (SSSR count). The largest absolute Gasteiger partial charge is 0.377 e. The molecule has 0 fully saturated rings. The number of nitrogens with zero attached hydrogens (tertiary/aromatic N) is 2. The minimum absolute atomic E-state index is 0.122. The predicted octanol–water partition coefficient (Wildman–Crippen LogP) is 1.82. The van der Waals surface area contributed by atoms with E-state index in [1.54, 1.807) is 6.08 Å². The van der Waals surface area contributed by atoms with Crippen LogP contribution >= 0.6 is 0 Å². The fraction of sp³-hybridized carbons (Fsp3) is 0.538. The summed E-state index contributed by atoms with van der Waals surface area (Å²) in [4.78, 5) is 13.4. The molecule has 0 aliphatic heterocycles. The number of nitrogens with one attached hydrogen (secondary N) is 1. The van der Waals surface area contributed by atoms with Crippen LogP contribution in [0, 0.1) is 11.3 Å². The van der Waals surface area contributed by atoms with Crippen molar-refractivity contribution < 1.29 is 4.79 Å². The van der Waals surface area contributed by atoms with Crippen molar-refractivity contribution in [1.29, 1.82) is 5.26 Å². The maximum atomic E-state index is 11.2. The third-order valence-corrected chi connectivity index (χ3v) is 2.17. The molecule has 94 valence electrons. The zero-order valence-electron chi connectivity index (χ0n) is 10.9. The zero-order valence-corrected chi connectivity index (χ0v) is 10.9. The van der Waals surface area contributed by atoms with Crippen molar-refractivity contribution in [3.63, 3.8) is 0 Å². The van der Waals surface area contributed by atoms with E-state index >= 15 is 0 Å². The second-order valence-electron chi connectivity index (χ2n) is 3.65. The van der Waals surface area contributed by atoms with Gasteiger partial charge in [-0.15, -0.1) is 0 Å². The van der Waals surface area contributed by atoms with E-state index in [2.05, 4.69) is 24.1 Å². The van der Waals surface area contributed by atoms with Gasteiger partial charge in [0.05, 0.1) is 0 Å². The van der Waals surface area contributed by atoms with Gasteiger partial charge in [0.15, 0.2) is 0 Å². The molecule has 0 aliphatic rings. The van der Waals surface area contributed by atoms with E-state index in [9.17, 15) is 4.79 Å². The van der Waals surface area contributed by atoms with E-state index < -0.39 is 0 Å². The van der Waals surface area contributed by atoms with Crippen LogP contribution in [0.5, 0.6) is 0 Å². The average Bonchev–Trinajstić information content (AvgIpc) is 2.34. The monoisotopic (exact) mass is 235 g/mol. The van der Waals surface area contributed by atoms with Crippen LogP contribution in [0.1, 0.15) is 26.7 Å². The highest BCUT2D eigenvalue weighted by molar-refractivity contribution is 5.97. The number of carbonyl (C=O) groups excluding carboxylic acids is 1. The first-order chi connectivity index (χ1) is 8.19. The molecular formula is C13H21N3O. The first-order valence-electron chi connectivity index (χ1n) is 5.94. The topological polar surface area (TPSA) is 56.1 Å². The molecule has 1 N–H and O–H groups in total. The molecule has 0 aromatic carbocycles. The van der Waals surface area contributed by atoms with Gasteiger partial charge in [-0.05, 0) is 31.2 Å². The fourth-order valence-corrected chi connectivity index (χ4v) is 1.39. The SMILES string of the molecule is CCCN(/C=C/C=C(\C#N)C(=O)NC)CCC. The van der Waals surface area contributed by atoms with Crippen LogP contribution in [0.25, 0.3) is 0 Å². The summed E-state index contributed by atoms with van der Waals surface area (Å²) in [5, 5.41) is 11.2. The van der Waals surface area contributed by atoms with Crippen LogP contribution in [0.2, 0.25) is 0 Å². The maximum Gasteiger partial charge on any atom is 0.261 e. The van der Waals surface area contributed by atoms with Gasteiger partial charge in [-0.1, -0.05) is 13.8 Å². The number of amides is 1. The van der Waals surface area contributed by atoms with Gasteiger partial charge in [0.1, 0.15) is 11.6 Å². The minimum atomic E-state index is -0.352. The maximum absolute atomic E-state index is 11.2. The Morgan fingerprint density at radius 3 is 2.35 bits per heavy atom. The summed E-state index contributed by atoms with van der Waals surface area (Å²) >= 11 is 0. The van der Waals surface area contributed by atoms with Crippen molar-refractivity contribution in [3.8, 4) is 6.07 Å². The lowest BCUT2D eigenvalue weighted by Gasteiger charge is -2.17. The van der Waals surface area contributed by atoms with Gasteiger partial charge in [0.2, 0.25) is 0 Å². The summed E-state index contributed by atoms with van der Waals surface area (Å²) in [5.74, 6) is -0.352. The van der Waals surface area contributed by atoms with Gasteiger partial charge in [-0.2, -0.15) is 5.26 Å². The van der Waals surface area contributed by atoms with Gasteiger partial charge >= 0.3 is 0 Å². The quantitative estimate of drug-likeness (QED) is 0.416. The number of carbonyl (C=O) groups is 1. The highest BCUT2D eigenvalue weighted by atomic mass is 16.1. The fourth-order valence-electron chi connectivity index (χ4n) is 1.39. The smallest absolute Gasteiger partial charge is 0.261 e. The Morgan fingerprint density at radius 1 is 1.35 bits per heavy atom. The molecular weight excluding hydrogens is 214 g/mol. The van der Waals surface area contributed by atoms with Crippen LogP contribution in [-0.2, 0) is 4.79 Å². The Labute approximate surface area is 104 Å². The number of nitriles is 1. The van der Waals surface area contributed by atoms with Crippen molar-refractivity contribution in [2.45, 2.75) is 26.7 Å². The van der Waals surface area contributed by atoms with Crippen molar-refractivity contribution in [2.75, 3.05) is 20.1 Å². The van der Waals surface area contributed by atoms with Crippen LogP contribution in [-0.4, -0.2) is 30.9 Å². The van der Waals surface area contributed by atoms with Crippen LogP contribution in [0.15, 0.2) is 23.9 Å². The lowest BCUT2D eigenvalue weighted by molar-refractivity contribution is -0.116. The molecule has 0 radical (unpaired) electrons. The third-order valence-electron chi connectivity index (χ3n) is 2.17. The molecule has 0 aromatic rings. The molecule has 0 spiro atoms. The van der Waals surface area contributed by atoms with Gasteiger partial charge in [-0.3, -0.25) is 4.79 Å². The second-order valence-corrected chi connectivity index (χ2v) is 3.65. The molecule has 0 aromatic heterocycles.